The Morgan fingerprint density at radius 2 is 2.11 bits per heavy atom. The van der Waals surface area contributed by atoms with Crippen molar-refractivity contribution in [1.82, 2.24) is 5.32 Å². The smallest absolute Gasteiger partial charge is 0.282 e. The molecule has 0 aliphatic carbocycles. The van der Waals surface area contributed by atoms with Crippen LogP contribution in [0, 0.1) is 16.0 Å². The van der Waals surface area contributed by atoms with Crippen molar-refractivity contribution in [3.63, 3.8) is 0 Å². The maximum atomic E-state index is 11.6. The summed E-state index contributed by atoms with van der Waals surface area (Å²) in [6, 6.07) is 6.43. The summed E-state index contributed by atoms with van der Waals surface area (Å²) in [6.07, 6.45) is 0.826. The van der Waals surface area contributed by atoms with E-state index in [1.165, 1.54) is 17.8 Å². The zero-order valence-corrected chi connectivity index (χ0v) is 10.8. The predicted molar refractivity (Wildman–Crippen MR) is 69.7 cm³/mol. The molecule has 19 heavy (non-hydrogen) atoms. The fraction of sp³-hybridized carbons (Fsp3) is 0.333. The van der Waals surface area contributed by atoms with Gasteiger partial charge in [-0.2, -0.15) is 0 Å². The standard InChI is InChI=1S/C12H12N2O4S/c15-11-6-5-8(12(16)13-11)7-19-10-4-2-1-3-9(10)14(17)18/h1-4,8H,5-7H2,(H,13,15,16). The van der Waals surface area contributed by atoms with E-state index in [1.54, 1.807) is 18.2 Å². The number of nitrogens with zero attached hydrogens (tertiary/aromatic N) is 1. The Morgan fingerprint density at radius 1 is 1.37 bits per heavy atom. The van der Waals surface area contributed by atoms with Gasteiger partial charge in [0.2, 0.25) is 11.8 Å². The summed E-state index contributed by atoms with van der Waals surface area (Å²) in [7, 11) is 0. The molecular weight excluding hydrogens is 268 g/mol. The molecule has 0 spiro atoms. The van der Waals surface area contributed by atoms with Crippen LogP contribution in [0.1, 0.15) is 12.8 Å². The van der Waals surface area contributed by atoms with Gasteiger partial charge in [0.15, 0.2) is 0 Å². The summed E-state index contributed by atoms with van der Waals surface area (Å²) in [4.78, 5) is 33.5. The molecule has 0 saturated carbocycles. The Bertz CT molecular complexity index is 532. The van der Waals surface area contributed by atoms with E-state index in [2.05, 4.69) is 5.32 Å². The van der Waals surface area contributed by atoms with Crippen molar-refractivity contribution in [2.24, 2.45) is 5.92 Å². The third-order valence-corrected chi connectivity index (χ3v) is 4.08. The zero-order valence-electron chi connectivity index (χ0n) is 10.00. The molecule has 1 saturated heterocycles. The molecule has 1 heterocycles. The van der Waals surface area contributed by atoms with Crippen LogP contribution in [0.3, 0.4) is 0 Å². The molecule has 1 N–H and O–H groups in total. The maximum Gasteiger partial charge on any atom is 0.282 e. The molecule has 100 valence electrons. The Hall–Kier alpha value is -1.89. The van der Waals surface area contributed by atoms with Gasteiger partial charge in [-0.1, -0.05) is 12.1 Å². The highest BCUT2D eigenvalue weighted by molar-refractivity contribution is 7.99. The fourth-order valence-corrected chi connectivity index (χ4v) is 2.98. The van der Waals surface area contributed by atoms with Crippen LogP contribution in [-0.2, 0) is 9.59 Å². The summed E-state index contributed by atoms with van der Waals surface area (Å²) in [5.41, 5.74) is 0.0415. The third-order valence-electron chi connectivity index (χ3n) is 2.86. The largest absolute Gasteiger partial charge is 0.296 e. The molecule has 6 nitrogen and oxygen atoms in total. The second-order valence-electron chi connectivity index (χ2n) is 4.18. The highest BCUT2D eigenvalue weighted by atomic mass is 32.2. The highest BCUT2D eigenvalue weighted by Gasteiger charge is 2.27. The Morgan fingerprint density at radius 3 is 2.79 bits per heavy atom. The SMILES string of the molecule is O=C1CCC(CSc2ccccc2[N+](=O)[O-])C(=O)N1. The van der Waals surface area contributed by atoms with Gasteiger partial charge in [0.25, 0.3) is 5.69 Å². The minimum absolute atomic E-state index is 0.0415. The lowest BCUT2D eigenvalue weighted by Gasteiger charge is -2.20. The van der Waals surface area contributed by atoms with Gasteiger partial charge < -0.3 is 0 Å². The number of piperidine rings is 1. The highest BCUT2D eigenvalue weighted by Crippen LogP contribution is 2.31. The second kappa shape index (κ2) is 5.83. The van der Waals surface area contributed by atoms with E-state index < -0.39 is 4.92 Å². The van der Waals surface area contributed by atoms with Crippen LogP contribution in [0.25, 0.3) is 0 Å². The average Bonchev–Trinajstić information content (AvgIpc) is 2.38. The average molecular weight is 280 g/mol. The number of amides is 2. The van der Waals surface area contributed by atoms with E-state index in [0.717, 1.165) is 0 Å². The Labute approximate surface area is 113 Å². The van der Waals surface area contributed by atoms with Gasteiger partial charge in [0.1, 0.15) is 0 Å². The molecule has 1 fully saturated rings. The number of nitrogens with one attached hydrogen (secondary N) is 1. The number of rotatable bonds is 4. The second-order valence-corrected chi connectivity index (χ2v) is 5.25. The predicted octanol–water partition coefficient (Wildman–Crippen LogP) is 1.74. The molecule has 1 aliphatic heterocycles. The van der Waals surface area contributed by atoms with E-state index in [1.807, 2.05) is 0 Å². The van der Waals surface area contributed by atoms with Crippen molar-refractivity contribution in [2.75, 3.05) is 5.75 Å². The summed E-state index contributed by atoms with van der Waals surface area (Å²) in [6.45, 7) is 0. The van der Waals surface area contributed by atoms with Gasteiger partial charge >= 0.3 is 0 Å². The lowest BCUT2D eigenvalue weighted by molar-refractivity contribution is -0.387. The molecule has 1 unspecified atom stereocenters. The molecule has 0 aromatic heterocycles. The molecule has 0 radical (unpaired) electrons. The van der Waals surface area contributed by atoms with Crippen LogP contribution >= 0.6 is 11.8 Å². The molecule has 7 heteroatoms. The number of hydrogen-bond donors (Lipinski definition) is 1. The molecule has 1 atom stereocenters. The van der Waals surface area contributed by atoms with Crippen molar-refractivity contribution >= 4 is 29.3 Å². The van der Waals surface area contributed by atoms with Crippen LogP contribution in [0.5, 0.6) is 0 Å². The van der Waals surface area contributed by atoms with E-state index in [9.17, 15) is 19.7 Å². The van der Waals surface area contributed by atoms with E-state index >= 15 is 0 Å². The van der Waals surface area contributed by atoms with E-state index in [-0.39, 0.29) is 23.4 Å². The number of benzene rings is 1. The first-order valence-corrected chi connectivity index (χ1v) is 6.76. The van der Waals surface area contributed by atoms with Crippen LogP contribution in [-0.4, -0.2) is 22.5 Å². The van der Waals surface area contributed by atoms with E-state index in [0.29, 0.717) is 23.5 Å². The first-order chi connectivity index (χ1) is 9.08. The zero-order chi connectivity index (χ0) is 13.8. The molecule has 1 aliphatic rings. The molecule has 0 bridgehead atoms. The van der Waals surface area contributed by atoms with Gasteiger partial charge in [-0.15, -0.1) is 11.8 Å². The normalized spacial score (nSPS) is 19.1. The third kappa shape index (κ3) is 3.31. The quantitative estimate of drug-likeness (QED) is 0.393. The number of imide groups is 1. The number of carbonyl (C=O) groups is 2. The molecule has 2 amide bonds. The number of nitro benzene ring substituents is 1. The van der Waals surface area contributed by atoms with Crippen molar-refractivity contribution < 1.29 is 14.5 Å². The van der Waals surface area contributed by atoms with Crippen molar-refractivity contribution in [2.45, 2.75) is 17.7 Å². The first kappa shape index (κ1) is 13.5. The van der Waals surface area contributed by atoms with Crippen LogP contribution in [0.2, 0.25) is 0 Å². The number of hydrogen-bond acceptors (Lipinski definition) is 5. The topological polar surface area (TPSA) is 89.3 Å². The minimum Gasteiger partial charge on any atom is -0.296 e. The molecule has 1 aromatic rings. The summed E-state index contributed by atoms with van der Waals surface area (Å²) in [5, 5.41) is 13.1. The summed E-state index contributed by atoms with van der Waals surface area (Å²) in [5.74, 6) is -0.383. The van der Waals surface area contributed by atoms with Gasteiger partial charge in [-0.25, -0.2) is 0 Å². The Kier molecular flexibility index (Phi) is 4.16. The van der Waals surface area contributed by atoms with Crippen molar-refractivity contribution in [1.29, 1.82) is 0 Å². The first-order valence-electron chi connectivity index (χ1n) is 5.78. The van der Waals surface area contributed by atoms with E-state index in [4.69, 9.17) is 0 Å². The fourth-order valence-electron chi connectivity index (χ4n) is 1.82. The van der Waals surface area contributed by atoms with Crippen LogP contribution in [0.15, 0.2) is 29.2 Å². The number of carbonyl (C=O) groups excluding carboxylic acids is 2. The minimum atomic E-state index is -0.438. The van der Waals surface area contributed by atoms with Gasteiger partial charge in [-0.3, -0.25) is 25.0 Å². The number of nitro groups is 1. The van der Waals surface area contributed by atoms with Crippen LogP contribution < -0.4 is 5.32 Å². The maximum absolute atomic E-state index is 11.6. The summed E-state index contributed by atoms with van der Waals surface area (Å²) < 4.78 is 0. The van der Waals surface area contributed by atoms with Crippen molar-refractivity contribution in [3.05, 3.63) is 34.4 Å². The van der Waals surface area contributed by atoms with Gasteiger partial charge in [-0.05, 0) is 12.5 Å². The number of thioether (sulfide) groups is 1. The van der Waals surface area contributed by atoms with Gasteiger partial charge in [0, 0.05) is 24.2 Å². The molecule has 2 rings (SSSR count). The molecular formula is C12H12N2O4S. The number of para-hydroxylation sites is 1. The Balaban J connectivity index is 2.01. The lowest BCUT2D eigenvalue weighted by atomic mass is 10.0. The summed E-state index contributed by atoms with van der Waals surface area (Å²) >= 11 is 1.27. The lowest BCUT2D eigenvalue weighted by Crippen LogP contribution is -2.41. The van der Waals surface area contributed by atoms with Crippen molar-refractivity contribution in [3.8, 4) is 0 Å². The monoisotopic (exact) mass is 280 g/mol. The van der Waals surface area contributed by atoms with Crippen LogP contribution in [0.4, 0.5) is 5.69 Å². The van der Waals surface area contributed by atoms with Gasteiger partial charge in [0.05, 0.1) is 9.82 Å². The molecule has 1 aromatic carbocycles.